The van der Waals surface area contributed by atoms with Gasteiger partial charge < -0.3 is 4.90 Å². The quantitative estimate of drug-likeness (QED) is 0.588. The lowest BCUT2D eigenvalue weighted by Crippen LogP contribution is -2.34. The van der Waals surface area contributed by atoms with Crippen LogP contribution in [0.15, 0.2) is 77.7 Å². The average molecular weight is 435 g/mol. The smallest absolute Gasteiger partial charge is 0.261 e. The number of nitrogens with zero attached hydrogens (tertiary/aromatic N) is 1. The van der Waals surface area contributed by atoms with E-state index in [0.717, 1.165) is 22.4 Å². The summed E-state index contributed by atoms with van der Waals surface area (Å²) in [5.41, 5.74) is 4.45. The molecule has 0 bridgehead atoms. The summed E-state index contributed by atoms with van der Waals surface area (Å²) in [6, 6.07) is 22.2. The molecule has 4 rings (SSSR count). The largest absolute Gasteiger partial charge is 0.308 e. The lowest BCUT2D eigenvalue weighted by Gasteiger charge is -2.30. The number of hydrogen-bond donors (Lipinski definition) is 1. The maximum atomic E-state index is 12.8. The second-order valence-corrected chi connectivity index (χ2v) is 9.82. The van der Waals surface area contributed by atoms with Crippen LogP contribution in [-0.2, 0) is 27.8 Å². The van der Waals surface area contributed by atoms with E-state index in [-0.39, 0.29) is 10.8 Å². The molecule has 160 valence electrons. The Morgan fingerprint density at radius 2 is 1.65 bits per heavy atom. The number of sulfonamides is 1. The monoisotopic (exact) mass is 434 g/mol. The van der Waals surface area contributed by atoms with E-state index in [9.17, 15) is 13.2 Å². The van der Waals surface area contributed by atoms with Crippen LogP contribution >= 0.6 is 0 Å². The Morgan fingerprint density at radius 1 is 0.935 bits per heavy atom. The molecular formula is C25H26N2O3S. The fourth-order valence-corrected chi connectivity index (χ4v) is 4.86. The summed E-state index contributed by atoms with van der Waals surface area (Å²) >= 11 is 0. The zero-order valence-corrected chi connectivity index (χ0v) is 18.5. The van der Waals surface area contributed by atoms with Crippen LogP contribution in [0.3, 0.4) is 0 Å². The zero-order chi connectivity index (χ0) is 22.0. The molecule has 6 heteroatoms. The highest BCUT2D eigenvalue weighted by Crippen LogP contribution is 2.32. The first-order chi connectivity index (χ1) is 14.8. The van der Waals surface area contributed by atoms with E-state index in [1.54, 1.807) is 23.1 Å². The third kappa shape index (κ3) is 4.64. The van der Waals surface area contributed by atoms with Crippen molar-refractivity contribution in [3.8, 4) is 0 Å². The van der Waals surface area contributed by atoms with Gasteiger partial charge in [0.2, 0.25) is 5.91 Å². The molecule has 0 atom stereocenters. The molecule has 0 saturated carbocycles. The lowest BCUT2D eigenvalue weighted by atomic mass is 10.00. The highest BCUT2D eigenvalue weighted by atomic mass is 32.2. The molecule has 0 radical (unpaired) electrons. The molecule has 0 spiro atoms. The van der Waals surface area contributed by atoms with Crippen molar-refractivity contribution >= 4 is 27.3 Å². The van der Waals surface area contributed by atoms with Crippen molar-refractivity contribution < 1.29 is 13.2 Å². The Bertz CT molecular complexity index is 1190. The van der Waals surface area contributed by atoms with Crippen molar-refractivity contribution in [1.82, 2.24) is 0 Å². The molecule has 1 amide bonds. The number of rotatable bonds is 6. The first-order valence-corrected chi connectivity index (χ1v) is 11.9. The minimum Gasteiger partial charge on any atom is -0.308 e. The summed E-state index contributed by atoms with van der Waals surface area (Å²) in [5.74, 6) is 0.418. The van der Waals surface area contributed by atoms with Crippen LogP contribution in [0.4, 0.5) is 11.4 Å². The summed E-state index contributed by atoms with van der Waals surface area (Å²) in [4.78, 5) is 14.6. The van der Waals surface area contributed by atoms with E-state index in [1.807, 2.05) is 54.6 Å². The first-order valence-electron chi connectivity index (χ1n) is 10.4. The Morgan fingerprint density at radius 3 is 2.32 bits per heavy atom. The van der Waals surface area contributed by atoms with Crippen LogP contribution in [-0.4, -0.2) is 14.3 Å². The van der Waals surface area contributed by atoms with Crippen molar-refractivity contribution in [2.45, 2.75) is 44.0 Å². The van der Waals surface area contributed by atoms with Crippen LogP contribution in [0.5, 0.6) is 0 Å². The number of carbonyl (C=O) groups excluding carboxylic acids is 1. The van der Waals surface area contributed by atoms with Gasteiger partial charge in [0.25, 0.3) is 10.0 Å². The fraction of sp³-hybridized carbons (Fsp3) is 0.240. The van der Waals surface area contributed by atoms with Gasteiger partial charge in [-0.3, -0.25) is 9.52 Å². The minimum atomic E-state index is -3.69. The van der Waals surface area contributed by atoms with Crippen molar-refractivity contribution in [1.29, 1.82) is 0 Å². The molecule has 31 heavy (non-hydrogen) atoms. The van der Waals surface area contributed by atoms with E-state index in [4.69, 9.17) is 0 Å². The number of nitrogens with one attached hydrogen (secondary N) is 1. The van der Waals surface area contributed by atoms with Crippen molar-refractivity contribution in [2.75, 3.05) is 9.62 Å². The molecule has 0 aromatic heterocycles. The molecule has 1 heterocycles. The van der Waals surface area contributed by atoms with E-state index in [0.29, 0.717) is 31.0 Å². The lowest BCUT2D eigenvalue weighted by molar-refractivity contribution is -0.119. The van der Waals surface area contributed by atoms with Gasteiger partial charge in [-0.1, -0.05) is 56.3 Å². The third-order valence-electron chi connectivity index (χ3n) is 5.57. The van der Waals surface area contributed by atoms with Gasteiger partial charge in [-0.15, -0.1) is 0 Å². The van der Waals surface area contributed by atoms with Crippen molar-refractivity contribution in [2.24, 2.45) is 0 Å². The van der Waals surface area contributed by atoms with Gasteiger partial charge in [0.05, 0.1) is 11.4 Å². The van der Waals surface area contributed by atoms with Gasteiger partial charge in [-0.2, -0.15) is 0 Å². The second kappa shape index (κ2) is 8.55. The molecule has 1 aliphatic rings. The molecule has 1 aliphatic heterocycles. The number of fused-ring (bicyclic) bond motifs is 1. The summed E-state index contributed by atoms with van der Waals surface area (Å²) < 4.78 is 28.3. The van der Waals surface area contributed by atoms with Crippen LogP contribution in [0.25, 0.3) is 0 Å². The summed E-state index contributed by atoms with van der Waals surface area (Å²) in [6.45, 7) is 4.64. The van der Waals surface area contributed by atoms with Gasteiger partial charge >= 0.3 is 0 Å². The molecule has 0 unspecified atom stereocenters. The Balaban J connectivity index is 1.57. The maximum Gasteiger partial charge on any atom is 0.261 e. The van der Waals surface area contributed by atoms with Crippen LogP contribution in [0.1, 0.15) is 42.9 Å². The van der Waals surface area contributed by atoms with Crippen molar-refractivity contribution in [3.05, 3.63) is 89.5 Å². The van der Waals surface area contributed by atoms with Crippen LogP contribution < -0.4 is 9.62 Å². The number of aryl methyl sites for hydroxylation is 1. The van der Waals surface area contributed by atoms with Crippen LogP contribution in [0, 0.1) is 0 Å². The molecular weight excluding hydrogens is 408 g/mol. The van der Waals surface area contributed by atoms with Gasteiger partial charge in [0.1, 0.15) is 0 Å². The van der Waals surface area contributed by atoms with Gasteiger partial charge in [0.15, 0.2) is 0 Å². The fourth-order valence-electron chi connectivity index (χ4n) is 3.81. The molecule has 3 aromatic carbocycles. The standard InChI is InChI=1S/C25H26N2O3S/c1-18(2)20-8-12-23(13-9-20)31(29,30)26-22-11-14-24-21(16-22)10-15-25(28)27(24)17-19-6-4-3-5-7-19/h3-9,11-14,16,18,26H,10,15,17H2,1-2H3. The molecule has 3 aromatic rings. The van der Waals surface area contributed by atoms with Gasteiger partial charge in [0, 0.05) is 17.8 Å². The second-order valence-electron chi connectivity index (χ2n) is 8.14. The molecule has 1 N–H and O–H groups in total. The number of hydrogen-bond acceptors (Lipinski definition) is 3. The molecule has 0 fully saturated rings. The highest BCUT2D eigenvalue weighted by molar-refractivity contribution is 7.92. The predicted molar refractivity (Wildman–Crippen MR) is 124 cm³/mol. The van der Waals surface area contributed by atoms with E-state index in [2.05, 4.69) is 18.6 Å². The van der Waals surface area contributed by atoms with Gasteiger partial charge in [-0.25, -0.2) is 8.42 Å². The van der Waals surface area contributed by atoms with Gasteiger partial charge in [-0.05, 0) is 59.4 Å². The Labute approximate surface area is 183 Å². The topological polar surface area (TPSA) is 66.5 Å². The normalized spacial score (nSPS) is 13.9. The summed E-state index contributed by atoms with van der Waals surface area (Å²) in [6.07, 6.45) is 1.00. The summed E-state index contributed by atoms with van der Waals surface area (Å²) in [7, 11) is -3.69. The van der Waals surface area contributed by atoms with Crippen molar-refractivity contribution in [3.63, 3.8) is 0 Å². The number of benzene rings is 3. The minimum absolute atomic E-state index is 0.0786. The number of amides is 1. The highest BCUT2D eigenvalue weighted by Gasteiger charge is 2.25. The molecule has 5 nitrogen and oxygen atoms in total. The predicted octanol–water partition coefficient (Wildman–Crippen LogP) is 5.09. The summed E-state index contributed by atoms with van der Waals surface area (Å²) in [5, 5.41) is 0. The SMILES string of the molecule is CC(C)c1ccc(S(=O)(=O)Nc2ccc3c(c2)CCC(=O)N3Cc2ccccc2)cc1. The Hall–Kier alpha value is -3.12. The third-order valence-corrected chi connectivity index (χ3v) is 6.97. The van der Waals surface area contributed by atoms with E-state index < -0.39 is 10.0 Å². The first kappa shape index (κ1) is 21.1. The van der Waals surface area contributed by atoms with E-state index in [1.165, 1.54) is 0 Å². The average Bonchev–Trinajstić information content (AvgIpc) is 2.76. The van der Waals surface area contributed by atoms with E-state index >= 15 is 0 Å². The number of anilines is 2. The maximum absolute atomic E-state index is 12.8. The zero-order valence-electron chi connectivity index (χ0n) is 17.7. The number of carbonyl (C=O) groups is 1. The van der Waals surface area contributed by atoms with Crippen LogP contribution in [0.2, 0.25) is 0 Å². The molecule has 0 saturated heterocycles. The Kier molecular flexibility index (Phi) is 5.83. The molecule has 0 aliphatic carbocycles.